The number of fused-ring (bicyclic) bond motifs is 1. The van der Waals surface area contributed by atoms with Crippen molar-refractivity contribution in [1.29, 1.82) is 0 Å². The second kappa shape index (κ2) is 8.53. The highest BCUT2D eigenvalue weighted by Crippen LogP contribution is 2.24. The van der Waals surface area contributed by atoms with Crippen LogP contribution in [0.25, 0.3) is 10.8 Å². The lowest BCUT2D eigenvalue weighted by Crippen LogP contribution is -2.45. The number of hydrogen-bond donors (Lipinski definition) is 1. The molecule has 0 aromatic heterocycles. The van der Waals surface area contributed by atoms with Crippen LogP contribution in [0.3, 0.4) is 0 Å². The molecule has 1 aliphatic rings. The molecule has 1 heterocycles. The summed E-state index contributed by atoms with van der Waals surface area (Å²) in [4.78, 5) is 12.7. The van der Waals surface area contributed by atoms with Gasteiger partial charge in [-0.25, -0.2) is 12.8 Å². The Morgan fingerprint density at radius 3 is 2.53 bits per heavy atom. The third kappa shape index (κ3) is 4.37. The average Bonchev–Trinajstić information content (AvgIpc) is 2.77. The van der Waals surface area contributed by atoms with Crippen molar-refractivity contribution in [2.45, 2.75) is 24.3 Å². The van der Waals surface area contributed by atoms with Gasteiger partial charge in [0.1, 0.15) is 5.82 Å². The van der Waals surface area contributed by atoms with Crippen LogP contribution in [0, 0.1) is 11.7 Å². The van der Waals surface area contributed by atoms with Crippen molar-refractivity contribution in [2.24, 2.45) is 5.92 Å². The maximum atomic E-state index is 13.1. The minimum atomic E-state index is -3.75. The highest BCUT2D eigenvalue weighted by atomic mass is 32.2. The van der Waals surface area contributed by atoms with Crippen molar-refractivity contribution in [2.75, 3.05) is 13.1 Å². The van der Waals surface area contributed by atoms with Crippen LogP contribution in [0.1, 0.15) is 18.4 Å². The third-order valence-corrected chi connectivity index (χ3v) is 7.37. The van der Waals surface area contributed by atoms with Gasteiger partial charge in [0.05, 0.1) is 10.8 Å². The summed E-state index contributed by atoms with van der Waals surface area (Å²) < 4.78 is 40.1. The Kier molecular flexibility index (Phi) is 5.83. The predicted molar refractivity (Wildman–Crippen MR) is 114 cm³/mol. The Labute approximate surface area is 175 Å². The van der Waals surface area contributed by atoms with Crippen molar-refractivity contribution >= 4 is 26.7 Å². The molecule has 1 atom stereocenters. The first-order valence-corrected chi connectivity index (χ1v) is 11.4. The number of halogens is 1. The summed E-state index contributed by atoms with van der Waals surface area (Å²) in [5.74, 6) is -1.05. The topological polar surface area (TPSA) is 66.5 Å². The fourth-order valence-corrected chi connectivity index (χ4v) is 5.34. The molecule has 1 aliphatic heterocycles. The molecule has 1 fully saturated rings. The number of rotatable bonds is 5. The molecule has 1 N–H and O–H groups in total. The molecule has 4 rings (SSSR count). The van der Waals surface area contributed by atoms with Crippen molar-refractivity contribution in [1.82, 2.24) is 9.62 Å². The van der Waals surface area contributed by atoms with Gasteiger partial charge in [-0.05, 0) is 59.5 Å². The number of nitrogens with zero attached hydrogens (tertiary/aromatic N) is 1. The molecule has 3 aromatic rings. The summed E-state index contributed by atoms with van der Waals surface area (Å²) in [5, 5.41) is 5.19. The van der Waals surface area contributed by atoms with E-state index in [4.69, 9.17) is 0 Å². The molecule has 156 valence electrons. The van der Waals surface area contributed by atoms with Crippen LogP contribution >= 0.6 is 0 Å². The highest BCUT2D eigenvalue weighted by molar-refractivity contribution is 7.89. The Balaban J connectivity index is 1.41. The van der Waals surface area contributed by atoms with Crippen LogP contribution < -0.4 is 5.32 Å². The van der Waals surface area contributed by atoms with Crippen LogP contribution in [0.5, 0.6) is 0 Å². The zero-order valence-corrected chi connectivity index (χ0v) is 17.2. The summed E-state index contributed by atoms with van der Waals surface area (Å²) in [5.41, 5.74) is 0.994. The fourth-order valence-electron chi connectivity index (χ4n) is 3.81. The monoisotopic (exact) mass is 426 g/mol. The Morgan fingerprint density at radius 1 is 1.03 bits per heavy atom. The van der Waals surface area contributed by atoms with Gasteiger partial charge in [0, 0.05) is 19.6 Å². The van der Waals surface area contributed by atoms with Crippen LogP contribution in [-0.2, 0) is 21.4 Å². The van der Waals surface area contributed by atoms with E-state index in [2.05, 4.69) is 5.32 Å². The number of benzene rings is 3. The van der Waals surface area contributed by atoms with Crippen LogP contribution in [0.2, 0.25) is 0 Å². The van der Waals surface area contributed by atoms with E-state index in [1.165, 1.54) is 16.4 Å². The summed E-state index contributed by atoms with van der Waals surface area (Å²) in [6.45, 7) is 0.877. The Hall–Kier alpha value is -2.77. The van der Waals surface area contributed by atoms with Gasteiger partial charge in [-0.1, -0.05) is 36.4 Å². The molecule has 1 amide bonds. The standard InChI is InChI=1S/C23H23FN2O3S/c24-21-9-11-22(12-10-21)30(28,29)26-13-3-6-20(16-26)23(27)25-15-17-7-8-18-4-1-2-5-19(18)14-17/h1-2,4-5,7-12,14,20H,3,6,13,15-16H2,(H,25,27)/t20-/m0/s1. The number of nitrogens with one attached hydrogen (secondary N) is 1. The smallest absolute Gasteiger partial charge is 0.243 e. The number of sulfonamides is 1. The lowest BCUT2D eigenvalue weighted by Gasteiger charge is -2.31. The molecule has 5 nitrogen and oxygen atoms in total. The van der Waals surface area contributed by atoms with Crippen LogP contribution in [-0.4, -0.2) is 31.7 Å². The van der Waals surface area contributed by atoms with Crippen molar-refractivity contribution in [3.05, 3.63) is 78.1 Å². The minimum Gasteiger partial charge on any atom is -0.352 e. The van der Waals surface area contributed by atoms with E-state index in [-0.39, 0.29) is 17.3 Å². The van der Waals surface area contributed by atoms with E-state index in [9.17, 15) is 17.6 Å². The molecule has 0 unspecified atom stereocenters. The summed E-state index contributed by atoms with van der Waals surface area (Å²) in [6.07, 6.45) is 1.24. The number of amides is 1. The second-order valence-corrected chi connectivity index (χ2v) is 9.49. The minimum absolute atomic E-state index is 0.0427. The number of piperidine rings is 1. The highest BCUT2D eigenvalue weighted by Gasteiger charge is 2.33. The molecule has 0 aliphatic carbocycles. The molecule has 30 heavy (non-hydrogen) atoms. The van der Waals surface area contributed by atoms with E-state index in [1.54, 1.807) is 0 Å². The van der Waals surface area contributed by atoms with Gasteiger partial charge in [0.25, 0.3) is 0 Å². The van der Waals surface area contributed by atoms with Gasteiger partial charge in [-0.2, -0.15) is 4.31 Å². The van der Waals surface area contributed by atoms with E-state index in [0.29, 0.717) is 25.9 Å². The first-order chi connectivity index (χ1) is 14.4. The lowest BCUT2D eigenvalue weighted by molar-refractivity contribution is -0.126. The number of carbonyl (C=O) groups is 1. The number of hydrogen-bond acceptors (Lipinski definition) is 3. The largest absolute Gasteiger partial charge is 0.352 e. The summed E-state index contributed by atoms with van der Waals surface area (Å²) >= 11 is 0. The van der Waals surface area contributed by atoms with Gasteiger partial charge < -0.3 is 5.32 Å². The quantitative estimate of drug-likeness (QED) is 0.677. The predicted octanol–water partition coefficient (Wildman–Crippen LogP) is 3.70. The summed E-state index contributed by atoms with van der Waals surface area (Å²) in [7, 11) is -3.75. The molecular weight excluding hydrogens is 403 g/mol. The normalized spacial score (nSPS) is 17.7. The van der Waals surface area contributed by atoms with Gasteiger partial charge in [-0.3, -0.25) is 4.79 Å². The van der Waals surface area contributed by atoms with Crippen molar-refractivity contribution in [3.63, 3.8) is 0 Å². The number of carbonyl (C=O) groups excluding carboxylic acids is 1. The van der Waals surface area contributed by atoms with Crippen molar-refractivity contribution in [3.8, 4) is 0 Å². The van der Waals surface area contributed by atoms with Gasteiger partial charge in [0.15, 0.2) is 0 Å². The molecule has 0 bridgehead atoms. The Bertz CT molecular complexity index is 1160. The molecule has 3 aromatic carbocycles. The van der Waals surface area contributed by atoms with Crippen molar-refractivity contribution < 1.29 is 17.6 Å². The molecule has 0 saturated carbocycles. The van der Waals surface area contributed by atoms with Gasteiger partial charge >= 0.3 is 0 Å². The summed E-state index contributed by atoms with van der Waals surface area (Å²) in [6, 6.07) is 18.8. The first kappa shape index (κ1) is 20.5. The molecular formula is C23H23FN2O3S. The average molecular weight is 427 g/mol. The lowest BCUT2D eigenvalue weighted by atomic mass is 9.98. The Morgan fingerprint density at radius 2 is 1.77 bits per heavy atom. The maximum absolute atomic E-state index is 13.1. The molecule has 0 radical (unpaired) electrons. The molecule has 0 spiro atoms. The molecule has 7 heteroatoms. The van der Waals surface area contributed by atoms with Crippen LogP contribution in [0.4, 0.5) is 4.39 Å². The maximum Gasteiger partial charge on any atom is 0.243 e. The van der Waals surface area contributed by atoms with E-state index in [0.717, 1.165) is 28.5 Å². The second-order valence-electron chi connectivity index (χ2n) is 7.56. The molecule has 1 saturated heterocycles. The van der Waals surface area contributed by atoms with Gasteiger partial charge in [0.2, 0.25) is 15.9 Å². The van der Waals surface area contributed by atoms with E-state index in [1.807, 2.05) is 42.5 Å². The van der Waals surface area contributed by atoms with Crippen LogP contribution in [0.15, 0.2) is 71.6 Å². The fraction of sp³-hybridized carbons (Fsp3) is 0.261. The zero-order chi connectivity index (χ0) is 21.1. The zero-order valence-electron chi connectivity index (χ0n) is 16.4. The SMILES string of the molecule is O=C(NCc1ccc2ccccc2c1)[C@H]1CCCN(S(=O)(=O)c2ccc(F)cc2)C1. The van der Waals surface area contributed by atoms with E-state index < -0.39 is 21.8 Å². The van der Waals surface area contributed by atoms with Gasteiger partial charge in [-0.15, -0.1) is 0 Å². The first-order valence-electron chi connectivity index (χ1n) is 9.94. The van der Waals surface area contributed by atoms with E-state index >= 15 is 0 Å². The third-order valence-electron chi connectivity index (χ3n) is 5.49.